The van der Waals surface area contributed by atoms with E-state index in [0.717, 1.165) is 23.6 Å². The maximum Gasteiger partial charge on any atom is 0.433 e. The summed E-state index contributed by atoms with van der Waals surface area (Å²) in [5, 5.41) is 5.96. The molecule has 1 aliphatic heterocycles. The average molecular weight is 552 g/mol. The third-order valence-electron chi connectivity index (χ3n) is 4.16. The highest BCUT2D eigenvalue weighted by Gasteiger charge is 2.32. The summed E-state index contributed by atoms with van der Waals surface area (Å²) in [6.07, 6.45) is -3.43. The van der Waals surface area contributed by atoms with E-state index in [0.29, 0.717) is 31.3 Å². The summed E-state index contributed by atoms with van der Waals surface area (Å²) in [5.74, 6) is 2.03. The van der Waals surface area contributed by atoms with E-state index in [-0.39, 0.29) is 43.3 Å². The smallest absolute Gasteiger partial charge is 0.433 e. The Balaban J connectivity index is 0.00000341. The third-order valence-corrected chi connectivity index (χ3v) is 4.16. The molecular formula is C19H24F3IN6O2. The summed E-state index contributed by atoms with van der Waals surface area (Å²) in [6, 6.07) is 6.58. The lowest BCUT2D eigenvalue weighted by Crippen LogP contribution is -2.38. The number of aliphatic imine (C=N–C) groups is 1. The fraction of sp³-hybridized carbons (Fsp3) is 0.421. The lowest BCUT2D eigenvalue weighted by atomic mass is 10.2. The van der Waals surface area contributed by atoms with Gasteiger partial charge < -0.3 is 25.0 Å². The van der Waals surface area contributed by atoms with Crippen LogP contribution in [-0.2, 0) is 12.7 Å². The topological polar surface area (TPSA) is 83.9 Å². The number of aromatic nitrogens is 2. The Morgan fingerprint density at radius 3 is 2.74 bits per heavy atom. The third kappa shape index (κ3) is 7.01. The number of ether oxygens (including phenoxy) is 2. The first-order chi connectivity index (χ1) is 14.4. The van der Waals surface area contributed by atoms with E-state index in [2.05, 4.69) is 25.6 Å². The van der Waals surface area contributed by atoms with Gasteiger partial charge in [-0.2, -0.15) is 13.2 Å². The molecule has 0 bridgehead atoms. The molecule has 0 amide bonds. The number of guanidine groups is 1. The van der Waals surface area contributed by atoms with Crippen molar-refractivity contribution < 1.29 is 22.6 Å². The highest BCUT2D eigenvalue weighted by molar-refractivity contribution is 14.0. The van der Waals surface area contributed by atoms with Gasteiger partial charge in [-0.15, -0.1) is 24.0 Å². The summed E-state index contributed by atoms with van der Waals surface area (Å²) >= 11 is 0. The molecule has 0 radical (unpaired) electrons. The summed E-state index contributed by atoms with van der Waals surface area (Å²) in [5.41, 5.74) is 0.0446. The molecule has 31 heavy (non-hydrogen) atoms. The van der Waals surface area contributed by atoms with Crippen molar-refractivity contribution in [2.24, 2.45) is 4.99 Å². The highest BCUT2D eigenvalue weighted by atomic mass is 127. The largest absolute Gasteiger partial charge is 0.454 e. The number of hydrogen-bond acceptors (Lipinski definition) is 6. The van der Waals surface area contributed by atoms with Gasteiger partial charge in [0.25, 0.3) is 0 Å². The zero-order valence-electron chi connectivity index (χ0n) is 17.1. The lowest BCUT2D eigenvalue weighted by Gasteiger charge is -2.22. The van der Waals surface area contributed by atoms with Crippen molar-refractivity contribution >= 4 is 35.9 Å². The number of halogens is 4. The van der Waals surface area contributed by atoms with Crippen molar-refractivity contribution in [3.8, 4) is 11.5 Å². The predicted octanol–water partition coefficient (Wildman–Crippen LogP) is 3.35. The van der Waals surface area contributed by atoms with Crippen molar-refractivity contribution in [1.29, 1.82) is 0 Å². The Kier molecular flexibility index (Phi) is 8.95. The lowest BCUT2D eigenvalue weighted by molar-refractivity contribution is -0.141. The number of alkyl halides is 3. The average Bonchev–Trinajstić information content (AvgIpc) is 3.17. The fourth-order valence-corrected chi connectivity index (χ4v) is 2.79. The van der Waals surface area contributed by atoms with Gasteiger partial charge in [0, 0.05) is 32.9 Å². The van der Waals surface area contributed by atoms with Gasteiger partial charge in [-0.3, -0.25) is 4.99 Å². The van der Waals surface area contributed by atoms with E-state index < -0.39 is 11.9 Å². The minimum atomic E-state index is -4.51. The number of nitrogens with one attached hydrogen (secondary N) is 2. The molecule has 0 saturated carbocycles. The maximum absolute atomic E-state index is 12.7. The van der Waals surface area contributed by atoms with Crippen molar-refractivity contribution in [2.75, 3.05) is 38.8 Å². The molecule has 3 rings (SSSR count). The van der Waals surface area contributed by atoms with Crippen LogP contribution >= 0.6 is 24.0 Å². The number of rotatable bonds is 7. The first-order valence-electron chi connectivity index (χ1n) is 9.39. The van der Waals surface area contributed by atoms with Gasteiger partial charge >= 0.3 is 6.18 Å². The minimum Gasteiger partial charge on any atom is -0.454 e. The van der Waals surface area contributed by atoms with Gasteiger partial charge in [0.2, 0.25) is 12.7 Å². The first kappa shape index (κ1) is 24.8. The molecule has 0 aliphatic carbocycles. The van der Waals surface area contributed by atoms with E-state index in [1.54, 1.807) is 0 Å². The van der Waals surface area contributed by atoms with E-state index in [9.17, 15) is 13.2 Å². The number of anilines is 1. The van der Waals surface area contributed by atoms with E-state index in [4.69, 9.17) is 9.47 Å². The normalized spacial score (nSPS) is 12.9. The molecule has 1 aromatic carbocycles. The Bertz CT molecular complexity index is 897. The zero-order chi connectivity index (χ0) is 21.6. The second-order valence-electron chi connectivity index (χ2n) is 6.47. The Labute approximate surface area is 195 Å². The fourth-order valence-electron chi connectivity index (χ4n) is 2.79. The second-order valence-corrected chi connectivity index (χ2v) is 6.47. The molecule has 0 fully saturated rings. The van der Waals surface area contributed by atoms with Gasteiger partial charge in [-0.05, 0) is 30.7 Å². The SMILES string of the molecule is CCNC(=NCCNc1nccc(C(F)(F)F)n1)N(C)Cc1ccc2c(c1)OCO2.I. The van der Waals surface area contributed by atoms with Crippen LogP contribution in [0.15, 0.2) is 35.5 Å². The molecular weight excluding hydrogens is 528 g/mol. The molecule has 0 spiro atoms. The molecule has 1 aromatic heterocycles. The molecule has 0 unspecified atom stereocenters. The summed E-state index contributed by atoms with van der Waals surface area (Å²) in [4.78, 5) is 13.7. The van der Waals surface area contributed by atoms with Gasteiger partial charge in [0.05, 0.1) is 6.54 Å². The Morgan fingerprint density at radius 2 is 2.00 bits per heavy atom. The molecule has 2 heterocycles. The van der Waals surface area contributed by atoms with Crippen molar-refractivity contribution in [1.82, 2.24) is 20.2 Å². The van der Waals surface area contributed by atoms with Crippen LogP contribution in [0.1, 0.15) is 18.2 Å². The number of nitrogens with zero attached hydrogens (tertiary/aromatic N) is 4. The van der Waals surface area contributed by atoms with E-state index in [1.807, 2.05) is 37.1 Å². The monoisotopic (exact) mass is 552 g/mol. The minimum absolute atomic E-state index is 0. The molecule has 8 nitrogen and oxygen atoms in total. The first-order valence-corrected chi connectivity index (χ1v) is 9.39. The van der Waals surface area contributed by atoms with E-state index >= 15 is 0 Å². The maximum atomic E-state index is 12.7. The van der Waals surface area contributed by atoms with Crippen LogP contribution in [0, 0.1) is 0 Å². The van der Waals surface area contributed by atoms with Crippen LogP contribution in [-0.4, -0.2) is 54.3 Å². The van der Waals surface area contributed by atoms with Gasteiger partial charge in [0.15, 0.2) is 17.5 Å². The Hall–Kier alpha value is -2.51. The van der Waals surface area contributed by atoms with Gasteiger partial charge in [-0.25, -0.2) is 9.97 Å². The van der Waals surface area contributed by atoms with Crippen LogP contribution in [0.2, 0.25) is 0 Å². The number of benzene rings is 1. The van der Waals surface area contributed by atoms with Crippen molar-refractivity contribution in [2.45, 2.75) is 19.6 Å². The summed E-state index contributed by atoms with van der Waals surface area (Å²) in [6.45, 7) is 4.06. The molecule has 1 aliphatic rings. The number of hydrogen-bond donors (Lipinski definition) is 2. The Morgan fingerprint density at radius 1 is 1.23 bits per heavy atom. The van der Waals surface area contributed by atoms with Crippen LogP contribution in [0.3, 0.4) is 0 Å². The van der Waals surface area contributed by atoms with Crippen LogP contribution in [0.4, 0.5) is 19.1 Å². The predicted molar refractivity (Wildman–Crippen MR) is 121 cm³/mol. The standard InChI is InChI=1S/C19H23F3N6O2.HI/c1-3-23-18(28(2)11-13-4-5-14-15(10-13)30-12-29-14)26-9-8-25-17-24-7-6-16(27-17)19(20,21)22;/h4-7,10H,3,8-9,11-12H2,1-2H3,(H,23,26)(H,24,25,27);1H. The second kappa shape index (κ2) is 11.2. The quantitative estimate of drug-likeness (QED) is 0.236. The zero-order valence-corrected chi connectivity index (χ0v) is 19.4. The van der Waals surface area contributed by atoms with Crippen molar-refractivity contribution in [3.05, 3.63) is 41.7 Å². The van der Waals surface area contributed by atoms with E-state index in [1.165, 1.54) is 0 Å². The van der Waals surface area contributed by atoms with Crippen LogP contribution in [0.25, 0.3) is 0 Å². The van der Waals surface area contributed by atoms with Crippen molar-refractivity contribution in [3.63, 3.8) is 0 Å². The number of fused-ring (bicyclic) bond motifs is 1. The highest BCUT2D eigenvalue weighted by Crippen LogP contribution is 2.32. The molecule has 2 aromatic rings. The summed E-state index contributed by atoms with van der Waals surface area (Å²) < 4.78 is 48.9. The molecule has 2 N–H and O–H groups in total. The molecule has 170 valence electrons. The van der Waals surface area contributed by atoms with Gasteiger partial charge in [-0.1, -0.05) is 6.07 Å². The van der Waals surface area contributed by atoms with Gasteiger partial charge in [0.1, 0.15) is 5.69 Å². The molecule has 0 saturated heterocycles. The summed E-state index contributed by atoms with van der Waals surface area (Å²) in [7, 11) is 1.90. The molecule has 0 atom stereocenters. The molecule has 12 heteroatoms. The van der Waals surface area contributed by atoms with Crippen LogP contribution in [0.5, 0.6) is 11.5 Å². The van der Waals surface area contributed by atoms with Crippen LogP contribution < -0.4 is 20.1 Å².